The number of hydrogen-bond donors (Lipinski definition) is 1. The van der Waals surface area contributed by atoms with E-state index in [0.29, 0.717) is 47.4 Å². The lowest BCUT2D eigenvalue weighted by Crippen LogP contribution is -2.15. The van der Waals surface area contributed by atoms with Crippen LogP contribution in [0.5, 0.6) is 11.5 Å². The molecular weight excluding hydrogens is 404 g/mol. The minimum absolute atomic E-state index is 0.171. The van der Waals surface area contributed by atoms with Gasteiger partial charge in [-0.2, -0.15) is 0 Å². The van der Waals surface area contributed by atoms with Crippen LogP contribution in [0.4, 0.5) is 5.69 Å². The summed E-state index contributed by atoms with van der Waals surface area (Å²) in [5, 5.41) is 3.96. The van der Waals surface area contributed by atoms with Gasteiger partial charge in [0, 0.05) is 11.6 Å². The number of anilines is 1. The topological polar surface area (TPSA) is 90.7 Å². The monoisotopic (exact) mass is 430 g/mol. The van der Waals surface area contributed by atoms with Gasteiger partial charge in [0.2, 0.25) is 0 Å². The molecule has 0 atom stereocenters. The normalized spacial score (nSPS) is 11.4. The Bertz CT molecular complexity index is 1130. The quantitative estimate of drug-likeness (QED) is 0.548. The third-order valence-corrected chi connectivity index (χ3v) is 6.11. The second-order valence-electron chi connectivity index (χ2n) is 6.81. The molecule has 160 valence electrons. The smallest absolute Gasteiger partial charge is 0.262 e. The zero-order chi connectivity index (χ0) is 21.9. The van der Waals surface area contributed by atoms with Crippen molar-refractivity contribution in [3.8, 4) is 22.6 Å². The van der Waals surface area contributed by atoms with Crippen molar-refractivity contribution in [3.63, 3.8) is 0 Å². The maximum atomic E-state index is 13.3. The van der Waals surface area contributed by atoms with Gasteiger partial charge in [0.1, 0.15) is 17.3 Å². The van der Waals surface area contributed by atoms with Gasteiger partial charge in [0.05, 0.1) is 29.5 Å². The average Bonchev–Trinajstić information content (AvgIpc) is 3.03. The summed E-state index contributed by atoms with van der Waals surface area (Å²) < 4.78 is 45.6. The van der Waals surface area contributed by atoms with Gasteiger partial charge in [-0.05, 0) is 63.9 Å². The van der Waals surface area contributed by atoms with Crippen LogP contribution in [-0.4, -0.2) is 26.8 Å². The third-order valence-electron chi connectivity index (χ3n) is 4.61. The fourth-order valence-corrected chi connectivity index (χ4v) is 4.60. The Kier molecular flexibility index (Phi) is 6.36. The van der Waals surface area contributed by atoms with E-state index < -0.39 is 10.0 Å². The standard InChI is InChI=1S/C22H26N2O5S/c1-6-27-18-10-11-20(28-7-2)19(13-18)24-30(25,26)21-12-17(9-8-14(21)3)22-15(4)23-29-16(22)5/h8-13,24H,6-7H2,1-5H3. The predicted octanol–water partition coefficient (Wildman–Crippen LogP) is 4.87. The van der Waals surface area contributed by atoms with Crippen LogP contribution in [-0.2, 0) is 10.0 Å². The highest BCUT2D eigenvalue weighted by Gasteiger charge is 2.22. The predicted molar refractivity (Wildman–Crippen MR) is 116 cm³/mol. The van der Waals surface area contributed by atoms with Crippen molar-refractivity contribution in [1.82, 2.24) is 5.16 Å². The molecule has 30 heavy (non-hydrogen) atoms. The number of ether oxygens (including phenoxy) is 2. The fraction of sp³-hybridized carbons (Fsp3) is 0.318. The molecule has 3 rings (SSSR count). The number of rotatable bonds is 8. The summed E-state index contributed by atoms with van der Waals surface area (Å²) in [5.74, 6) is 1.62. The molecule has 0 bridgehead atoms. The molecule has 0 unspecified atom stereocenters. The first-order valence-electron chi connectivity index (χ1n) is 9.73. The first-order chi connectivity index (χ1) is 14.3. The van der Waals surface area contributed by atoms with E-state index in [1.165, 1.54) is 0 Å². The Morgan fingerprint density at radius 1 is 1.00 bits per heavy atom. The molecule has 1 N–H and O–H groups in total. The molecule has 7 nitrogen and oxygen atoms in total. The molecule has 1 heterocycles. The van der Waals surface area contributed by atoms with Crippen LogP contribution in [0.1, 0.15) is 30.9 Å². The highest BCUT2D eigenvalue weighted by Crippen LogP contribution is 2.34. The maximum absolute atomic E-state index is 13.3. The average molecular weight is 431 g/mol. The van der Waals surface area contributed by atoms with Crippen molar-refractivity contribution in [3.05, 3.63) is 53.4 Å². The van der Waals surface area contributed by atoms with Gasteiger partial charge in [0.15, 0.2) is 0 Å². The van der Waals surface area contributed by atoms with E-state index in [1.54, 1.807) is 44.2 Å². The molecule has 0 fully saturated rings. The number of aromatic nitrogens is 1. The zero-order valence-corrected chi connectivity index (χ0v) is 18.6. The van der Waals surface area contributed by atoms with Crippen LogP contribution in [0.25, 0.3) is 11.1 Å². The van der Waals surface area contributed by atoms with Gasteiger partial charge < -0.3 is 14.0 Å². The van der Waals surface area contributed by atoms with Gasteiger partial charge in [-0.15, -0.1) is 0 Å². The van der Waals surface area contributed by atoms with Crippen molar-refractivity contribution in [2.75, 3.05) is 17.9 Å². The summed E-state index contributed by atoms with van der Waals surface area (Å²) in [6.07, 6.45) is 0. The Balaban J connectivity index is 2.04. The number of nitrogens with zero attached hydrogens (tertiary/aromatic N) is 1. The molecule has 0 amide bonds. The lowest BCUT2D eigenvalue weighted by Gasteiger charge is -2.16. The van der Waals surface area contributed by atoms with Crippen LogP contribution in [0, 0.1) is 20.8 Å². The van der Waals surface area contributed by atoms with Crippen LogP contribution in [0.2, 0.25) is 0 Å². The van der Waals surface area contributed by atoms with E-state index in [4.69, 9.17) is 14.0 Å². The molecule has 0 saturated carbocycles. The molecule has 0 aliphatic heterocycles. The first-order valence-corrected chi connectivity index (χ1v) is 11.2. The van der Waals surface area contributed by atoms with Gasteiger partial charge in [-0.3, -0.25) is 4.72 Å². The summed E-state index contributed by atoms with van der Waals surface area (Å²) in [5.41, 5.74) is 3.17. The SMILES string of the molecule is CCOc1ccc(OCC)c(NS(=O)(=O)c2cc(-c3c(C)noc3C)ccc2C)c1. The molecule has 0 aliphatic carbocycles. The van der Waals surface area contributed by atoms with Crippen molar-refractivity contribution in [2.45, 2.75) is 39.5 Å². The summed E-state index contributed by atoms with van der Waals surface area (Å²) in [6, 6.07) is 10.3. The van der Waals surface area contributed by atoms with Gasteiger partial charge in [0.25, 0.3) is 10.0 Å². The summed E-state index contributed by atoms with van der Waals surface area (Å²) in [7, 11) is -3.89. The van der Waals surface area contributed by atoms with E-state index in [2.05, 4.69) is 9.88 Å². The zero-order valence-electron chi connectivity index (χ0n) is 17.8. The lowest BCUT2D eigenvalue weighted by molar-refractivity contribution is 0.332. The molecule has 1 aromatic heterocycles. The Hall–Kier alpha value is -3.00. The molecule has 8 heteroatoms. The van der Waals surface area contributed by atoms with E-state index in [9.17, 15) is 8.42 Å². The van der Waals surface area contributed by atoms with Gasteiger partial charge in [-0.1, -0.05) is 17.3 Å². The molecule has 0 radical (unpaired) electrons. The largest absolute Gasteiger partial charge is 0.494 e. The van der Waals surface area contributed by atoms with E-state index in [0.717, 1.165) is 11.1 Å². The molecular formula is C22H26N2O5S. The Morgan fingerprint density at radius 2 is 1.73 bits per heavy atom. The van der Waals surface area contributed by atoms with Crippen molar-refractivity contribution < 1.29 is 22.4 Å². The second kappa shape index (κ2) is 8.79. The molecule has 2 aromatic carbocycles. The molecule has 0 spiro atoms. The van der Waals surface area contributed by atoms with E-state index >= 15 is 0 Å². The summed E-state index contributed by atoms with van der Waals surface area (Å²) in [6.45, 7) is 9.96. The van der Waals surface area contributed by atoms with Crippen LogP contribution in [0.15, 0.2) is 45.8 Å². The van der Waals surface area contributed by atoms with Crippen LogP contribution >= 0.6 is 0 Å². The van der Waals surface area contributed by atoms with Crippen LogP contribution < -0.4 is 14.2 Å². The number of hydrogen-bond acceptors (Lipinski definition) is 6. The molecule has 0 saturated heterocycles. The minimum Gasteiger partial charge on any atom is -0.494 e. The Labute approximate surface area is 177 Å². The minimum atomic E-state index is -3.89. The van der Waals surface area contributed by atoms with Crippen molar-refractivity contribution in [2.24, 2.45) is 0 Å². The second-order valence-corrected chi connectivity index (χ2v) is 8.46. The highest BCUT2D eigenvalue weighted by molar-refractivity contribution is 7.92. The third kappa shape index (κ3) is 4.43. The fourth-order valence-electron chi connectivity index (χ4n) is 3.27. The molecule has 0 aliphatic rings. The maximum Gasteiger partial charge on any atom is 0.262 e. The number of sulfonamides is 1. The van der Waals surface area contributed by atoms with Crippen molar-refractivity contribution in [1.29, 1.82) is 0 Å². The number of benzene rings is 2. The van der Waals surface area contributed by atoms with Gasteiger partial charge >= 0.3 is 0 Å². The summed E-state index contributed by atoms with van der Waals surface area (Å²) in [4.78, 5) is 0.171. The number of aryl methyl sites for hydroxylation is 3. The van der Waals surface area contributed by atoms with Crippen molar-refractivity contribution >= 4 is 15.7 Å². The Morgan fingerprint density at radius 3 is 2.37 bits per heavy atom. The van der Waals surface area contributed by atoms with Gasteiger partial charge in [-0.25, -0.2) is 8.42 Å². The first kappa shape index (κ1) is 21.7. The summed E-state index contributed by atoms with van der Waals surface area (Å²) >= 11 is 0. The lowest BCUT2D eigenvalue weighted by atomic mass is 10.0. The molecule has 3 aromatic rings. The van der Waals surface area contributed by atoms with E-state index in [-0.39, 0.29) is 4.90 Å². The highest BCUT2D eigenvalue weighted by atomic mass is 32.2. The van der Waals surface area contributed by atoms with Crippen LogP contribution in [0.3, 0.4) is 0 Å². The number of nitrogens with one attached hydrogen (secondary N) is 1. The van der Waals surface area contributed by atoms with E-state index in [1.807, 2.05) is 26.8 Å².